The Hall–Kier alpha value is -3.11. The van der Waals surface area contributed by atoms with Gasteiger partial charge in [0.25, 0.3) is 0 Å². The number of amides is 1. The van der Waals surface area contributed by atoms with E-state index in [1.54, 1.807) is 0 Å². The molecule has 1 aliphatic rings. The zero-order valence-corrected chi connectivity index (χ0v) is 16.6. The van der Waals surface area contributed by atoms with Crippen LogP contribution >= 0.6 is 0 Å². The van der Waals surface area contributed by atoms with Gasteiger partial charge in [-0.15, -0.1) is 0 Å². The first-order valence-corrected chi connectivity index (χ1v) is 10.2. The van der Waals surface area contributed by atoms with Crippen molar-refractivity contribution in [2.45, 2.75) is 19.0 Å². The van der Waals surface area contributed by atoms with E-state index < -0.39 is 0 Å². The minimum Gasteiger partial charge on any atom is -0.381 e. The largest absolute Gasteiger partial charge is 0.381 e. The van der Waals surface area contributed by atoms with E-state index in [1.165, 1.54) is 0 Å². The summed E-state index contributed by atoms with van der Waals surface area (Å²) in [5.74, 6) is 0.139. The van der Waals surface area contributed by atoms with Crippen molar-refractivity contribution in [2.24, 2.45) is 0 Å². The van der Waals surface area contributed by atoms with Crippen molar-refractivity contribution in [3.63, 3.8) is 0 Å². The van der Waals surface area contributed by atoms with E-state index in [0.717, 1.165) is 36.4 Å². The molecule has 1 fully saturated rings. The molecule has 3 aromatic rings. The molecule has 4 heteroatoms. The van der Waals surface area contributed by atoms with Gasteiger partial charge in [-0.2, -0.15) is 0 Å². The van der Waals surface area contributed by atoms with E-state index in [9.17, 15) is 4.79 Å². The van der Waals surface area contributed by atoms with Crippen molar-refractivity contribution in [3.8, 4) is 0 Å². The molecule has 4 nitrogen and oxygen atoms in total. The van der Waals surface area contributed by atoms with Crippen LogP contribution in [-0.2, 0) is 11.3 Å². The van der Waals surface area contributed by atoms with Gasteiger partial charge in [-0.1, -0.05) is 66.7 Å². The van der Waals surface area contributed by atoms with Crippen LogP contribution in [-0.4, -0.2) is 36.5 Å². The van der Waals surface area contributed by atoms with Gasteiger partial charge in [0.05, 0.1) is 13.1 Å². The van der Waals surface area contributed by atoms with Crippen LogP contribution in [0.15, 0.2) is 91.0 Å². The van der Waals surface area contributed by atoms with Crippen LogP contribution in [0.25, 0.3) is 0 Å². The Balaban J connectivity index is 1.40. The summed E-state index contributed by atoms with van der Waals surface area (Å²) in [5.41, 5.74) is 3.22. The highest BCUT2D eigenvalue weighted by atomic mass is 16.2. The van der Waals surface area contributed by atoms with E-state index in [2.05, 4.69) is 34.5 Å². The third-order valence-corrected chi connectivity index (χ3v) is 5.33. The van der Waals surface area contributed by atoms with Crippen molar-refractivity contribution in [3.05, 3.63) is 96.6 Å². The summed E-state index contributed by atoms with van der Waals surface area (Å²) < 4.78 is 0. The van der Waals surface area contributed by atoms with Gasteiger partial charge in [0.15, 0.2) is 0 Å². The van der Waals surface area contributed by atoms with Crippen molar-refractivity contribution in [2.75, 3.05) is 29.9 Å². The minimum atomic E-state index is 0.139. The smallest absolute Gasteiger partial charge is 0.241 e. The maximum absolute atomic E-state index is 13.2. The monoisotopic (exact) mass is 385 g/mol. The Kier molecular flexibility index (Phi) is 6.22. The molecule has 3 aromatic carbocycles. The molecule has 1 amide bonds. The maximum atomic E-state index is 13.2. The number of nitrogens with one attached hydrogen (secondary N) is 1. The predicted octanol–water partition coefficient (Wildman–Crippen LogP) is 4.41. The standard InChI is InChI=1S/C25H27N3O/c29-25(20-27-17-16-23(19-27)26-22-12-6-2-7-13-22)28(24-14-8-3-9-15-24)18-21-10-4-1-5-11-21/h1-15,23,26H,16-20H2. The Morgan fingerprint density at radius 2 is 1.52 bits per heavy atom. The second kappa shape index (κ2) is 9.39. The number of nitrogens with zero attached hydrogens (tertiary/aromatic N) is 2. The Morgan fingerprint density at radius 1 is 0.897 bits per heavy atom. The van der Waals surface area contributed by atoms with E-state index in [1.807, 2.05) is 71.6 Å². The Bertz CT molecular complexity index is 899. The molecule has 0 radical (unpaired) electrons. The summed E-state index contributed by atoms with van der Waals surface area (Å²) >= 11 is 0. The molecular weight excluding hydrogens is 358 g/mol. The van der Waals surface area contributed by atoms with Gasteiger partial charge >= 0.3 is 0 Å². The molecule has 1 aliphatic heterocycles. The van der Waals surface area contributed by atoms with Crippen molar-refractivity contribution >= 4 is 17.3 Å². The summed E-state index contributed by atoms with van der Waals surface area (Å²) in [5, 5.41) is 3.58. The summed E-state index contributed by atoms with van der Waals surface area (Å²) in [6.45, 7) is 2.84. The Morgan fingerprint density at radius 3 is 2.21 bits per heavy atom. The van der Waals surface area contributed by atoms with Crippen molar-refractivity contribution in [1.82, 2.24) is 4.90 Å². The van der Waals surface area contributed by atoms with Crippen LogP contribution in [0.5, 0.6) is 0 Å². The lowest BCUT2D eigenvalue weighted by molar-refractivity contribution is -0.119. The fourth-order valence-electron chi connectivity index (χ4n) is 3.84. The molecule has 0 spiro atoms. The summed E-state index contributed by atoms with van der Waals surface area (Å²) in [6, 6.07) is 30.8. The lowest BCUT2D eigenvalue weighted by Crippen LogP contribution is -2.40. The molecule has 148 valence electrons. The van der Waals surface area contributed by atoms with Crippen molar-refractivity contribution < 1.29 is 4.79 Å². The highest BCUT2D eigenvalue weighted by Gasteiger charge is 2.26. The first-order chi connectivity index (χ1) is 14.3. The molecule has 0 bridgehead atoms. The van der Waals surface area contributed by atoms with Gasteiger partial charge in [0.2, 0.25) is 5.91 Å². The Labute approximate surface area is 172 Å². The minimum absolute atomic E-state index is 0.139. The normalized spacial score (nSPS) is 16.5. The molecule has 29 heavy (non-hydrogen) atoms. The first kappa shape index (κ1) is 19.2. The number of benzene rings is 3. The number of likely N-dealkylation sites (tertiary alicyclic amines) is 1. The van der Waals surface area contributed by atoms with Gasteiger partial charge in [0.1, 0.15) is 0 Å². The fourth-order valence-corrected chi connectivity index (χ4v) is 3.84. The predicted molar refractivity (Wildman–Crippen MR) is 119 cm³/mol. The maximum Gasteiger partial charge on any atom is 0.241 e. The van der Waals surface area contributed by atoms with E-state index >= 15 is 0 Å². The molecule has 1 saturated heterocycles. The van der Waals surface area contributed by atoms with Gasteiger partial charge < -0.3 is 10.2 Å². The lowest BCUT2D eigenvalue weighted by Gasteiger charge is -2.26. The van der Waals surface area contributed by atoms with E-state index in [4.69, 9.17) is 0 Å². The SMILES string of the molecule is O=C(CN1CCC(Nc2ccccc2)C1)N(Cc1ccccc1)c1ccccc1. The third kappa shape index (κ3) is 5.24. The number of rotatable bonds is 7. The van der Waals surface area contributed by atoms with Crippen LogP contribution in [0.3, 0.4) is 0 Å². The lowest BCUT2D eigenvalue weighted by atomic mass is 10.2. The quantitative estimate of drug-likeness (QED) is 0.655. The molecule has 1 heterocycles. The number of hydrogen-bond acceptors (Lipinski definition) is 3. The molecule has 0 aliphatic carbocycles. The average molecular weight is 386 g/mol. The molecule has 0 saturated carbocycles. The summed E-state index contributed by atoms with van der Waals surface area (Å²) in [6.07, 6.45) is 1.05. The third-order valence-electron chi connectivity index (χ3n) is 5.33. The average Bonchev–Trinajstić information content (AvgIpc) is 3.20. The van der Waals surface area contributed by atoms with Gasteiger partial charge in [-0.05, 0) is 36.2 Å². The molecule has 1 unspecified atom stereocenters. The topological polar surface area (TPSA) is 35.6 Å². The molecular formula is C25H27N3O. The number of hydrogen-bond donors (Lipinski definition) is 1. The van der Waals surface area contributed by atoms with Crippen molar-refractivity contribution in [1.29, 1.82) is 0 Å². The number of carbonyl (C=O) groups is 1. The molecule has 1 N–H and O–H groups in total. The molecule has 1 atom stereocenters. The van der Waals surface area contributed by atoms with Crippen LogP contribution in [0.1, 0.15) is 12.0 Å². The summed E-state index contributed by atoms with van der Waals surface area (Å²) in [7, 11) is 0. The number of carbonyl (C=O) groups excluding carboxylic acids is 1. The first-order valence-electron chi connectivity index (χ1n) is 10.2. The highest BCUT2D eigenvalue weighted by molar-refractivity contribution is 5.94. The second-order valence-electron chi connectivity index (χ2n) is 7.53. The highest BCUT2D eigenvalue weighted by Crippen LogP contribution is 2.20. The number of para-hydroxylation sites is 2. The molecule has 0 aromatic heterocycles. The van der Waals surface area contributed by atoms with Crippen LogP contribution in [0.4, 0.5) is 11.4 Å². The van der Waals surface area contributed by atoms with E-state index in [-0.39, 0.29) is 5.91 Å². The molecule has 4 rings (SSSR count). The van der Waals surface area contributed by atoms with Gasteiger partial charge in [-0.25, -0.2) is 0 Å². The summed E-state index contributed by atoms with van der Waals surface area (Å²) in [4.78, 5) is 17.4. The van der Waals surface area contributed by atoms with E-state index in [0.29, 0.717) is 19.1 Å². The van der Waals surface area contributed by atoms with Gasteiger partial charge in [0, 0.05) is 30.5 Å². The van der Waals surface area contributed by atoms with Gasteiger partial charge in [-0.3, -0.25) is 9.69 Å². The van der Waals surface area contributed by atoms with Crippen LogP contribution in [0, 0.1) is 0 Å². The van der Waals surface area contributed by atoms with Crippen LogP contribution < -0.4 is 10.2 Å². The van der Waals surface area contributed by atoms with Crippen LogP contribution in [0.2, 0.25) is 0 Å². The zero-order chi connectivity index (χ0) is 19.9. The number of anilines is 2. The zero-order valence-electron chi connectivity index (χ0n) is 16.6. The fraction of sp³-hybridized carbons (Fsp3) is 0.240. The second-order valence-corrected chi connectivity index (χ2v) is 7.53.